The molecule has 6 heteroatoms. The molecule has 0 aliphatic carbocycles. The maximum absolute atomic E-state index is 6.11. The van der Waals surface area contributed by atoms with Crippen LogP contribution in [-0.2, 0) is 6.42 Å². The maximum Gasteiger partial charge on any atom is 0.170 e. The summed E-state index contributed by atoms with van der Waals surface area (Å²) in [6.07, 6.45) is 2.15. The van der Waals surface area contributed by atoms with E-state index in [1.807, 2.05) is 32.0 Å². The minimum Gasteiger partial charge on any atom is -0.495 e. The van der Waals surface area contributed by atoms with Crippen molar-refractivity contribution in [3.63, 3.8) is 0 Å². The van der Waals surface area contributed by atoms with Crippen molar-refractivity contribution in [2.45, 2.75) is 32.8 Å². The lowest BCUT2D eigenvalue weighted by molar-refractivity contribution is 0.242. The number of methoxy groups -OCH3 is 1. The van der Waals surface area contributed by atoms with E-state index in [2.05, 4.69) is 22.8 Å². The van der Waals surface area contributed by atoms with Crippen LogP contribution in [0, 0.1) is 0 Å². The summed E-state index contributed by atoms with van der Waals surface area (Å²) in [6, 6.07) is 13.7. The monoisotopic (exact) mass is 392 g/mol. The Morgan fingerprint density at radius 3 is 2.50 bits per heavy atom. The van der Waals surface area contributed by atoms with Gasteiger partial charge in [0.2, 0.25) is 0 Å². The van der Waals surface area contributed by atoms with Gasteiger partial charge < -0.3 is 20.1 Å². The zero-order valence-corrected chi connectivity index (χ0v) is 16.9. The molecule has 0 amide bonds. The Morgan fingerprint density at radius 1 is 1.15 bits per heavy atom. The maximum atomic E-state index is 6.11. The van der Waals surface area contributed by atoms with Crippen molar-refractivity contribution >= 4 is 34.6 Å². The summed E-state index contributed by atoms with van der Waals surface area (Å²) >= 11 is 11.4. The molecule has 2 aromatic carbocycles. The Kier molecular flexibility index (Phi) is 8.01. The van der Waals surface area contributed by atoms with Crippen molar-refractivity contribution in [3.8, 4) is 11.5 Å². The number of nitrogens with one attached hydrogen (secondary N) is 2. The second-order valence-electron chi connectivity index (χ2n) is 6.14. The zero-order valence-electron chi connectivity index (χ0n) is 15.3. The molecule has 0 aliphatic heterocycles. The van der Waals surface area contributed by atoms with E-state index in [9.17, 15) is 0 Å². The zero-order chi connectivity index (χ0) is 18.9. The highest BCUT2D eigenvalue weighted by molar-refractivity contribution is 7.80. The Bertz CT molecular complexity index is 720. The minimum absolute atomic E-state index is 0.194. The van der Waals surface area contributed by atoms with Gasteiger partial charge in [-0.05, 0) is 74.8 Å². The molecule has 0 radical (unpaired) electrons. The molecule has 0 heterocycles. The molecule has 2 N–H and O–H groups in total. The number of ether oxygens (including phenoxy) is 2. The van der Waals surface area contributed by atoms with E-state index in [1.54, 1.807) is 19.2 Å². The van der Waals surface area contributed by atoms with Crippen molar-refractivity contribution in [1.82, 2.24) is 5.32 Å². The predicted molar refractivity (Wildman–Crippen MR) is 113 cm³/mol. The van der Waals surface area contributed by atoms with Gasteiger partial charge >= 0.3 is 0 Å². The molecular formula is C20H25ClN2O2S. The number of aryl methyl sites for hydroxylation is 1. The number of thiocarbonyl (C=S) groups is 1. The van der Waals surface area contributed by atoms with E-state index in [-0.39, 0.29) is 6.10 Å². The van der Waals surface area contributed by atoms with Gasteiger partial charge in [-0.15, -0.1) is 0 Å². The van der Waals surface area contributed by atoms with Crippen molar-refractivity contribution in [2.75, 3.05) is 19.0 Å². The fraction of sp³-hybridized carbons (Fsp3) is 0.350. The molecule has 0 atom stereocenters. The number of hydrogen-bond donors (Lipinski definition) is 2. The Morgan fingerprint density at radius 2 is 1.88 bits per heavy atom. The van der Waals surface area contributed by atoms with Gasteiger partial charge in [0.25, 0.3) is 0 Å². The van der Waals surface area contributed by atoms with Crippen molar-refractivity contribution in [1.29, 1.82) is 0 Å². The van der Waals surface area contributed by atoms with Crippen LogP contribution in [0.1, 0.15) is 25.8 Å². The van der Waals surface area contributed by atoms with Gasteiger partial charge in [-0.1, -0.05) is 23.7 Å². The SMILES string of the molecule is COc1ccc(NC(=S)NCCCc2ccc(OC(C)C)cc2)cc1Cl. The quantitative estimate of drug-likeness (QED) is 0.485. The molecule has 0 saturated carbocycles. The van der Waals surface area contributed by atoms with Crippen LogP contribution in [0.25, 0.3) is 0 Å². The van der Waals surface area contributed by atoms with Gasteiger partial charge in [-0.25, -0.2) is 0 Å². The van der Waals surface area contributed by atoms with Gasteiger partial charge in [0.1, 0.15) is 11.5 Å². The van der Waals surface area contributed by atoms with E-state index in [4.69, 9.17) is 33.3 Å². The summed E-state index contributed by atoms with van der Waals surface area (Å²) in [4.78, 5) is 0. The molecule has 0 aromatic heterocycles. The van der Waals surface area contributed by atoms with Crippen molar-refractivity contribution < 1.29 is 9.47 Å². The molecule has 0 spiro atoms. The highest BCUT2D eigenvalue weighted by atomic mass is 35.5. The first-order valence-corrected chi connectivity index (χ1v) is 9.40. The summed E-state index contributed by atoms with van der Waals surface area (Å²) in [5.74, 6) is 1.55. The summed E-state index contributed by atoms with van der Waals surface area (Å²) in [5.41, 5.74) is 2.11. The second kappa shape index (κ2) is 10.2. The first kappa shape index (κ1) is 20.3. The smallest absolute Gasteiger partial charge is 0.170 e. The predicted octanol–water partition coefficient (Wildman–Crippen LogP) is 5.06. The summed E-state index contributed by atoms with van der Waals surface area (Å²) in [5, 5.41) is 7.45. The van der Waals surface area contributed by atoms with E-state index >= 15 is 0 Å². The molecule has 140 valence electrons. The topological polar surface area (TPSA) is 42.5 Å². The lowest BCUT2D eigenvalue weighted by Crippen LogP contribution is -2.29. The molecule has 0 saturated heterocycles. The summed E-state index contributed by atoms with van der Waals surface area (Å²) < 4.78 is 10.8. The molecule has 0 fully saturated rings. The normalized spacial score (nSPS) is 10.5. The summed E-state index contributed by atoms with van der Waals surface area (Å²) in [6.45, 7) is 4.84. The number of halogens is 1. The third kappa shape index (κ3) is 6.73. The van der Waals surface area contributed by atoms with Crippen LogP contribution in [0.5, 0.6) is 11.5 Å². The fourth-order valence-electron chi connectivity index (χ4n) is 2.42. The molecule has 0 unspecified atom stereocenters. The van der Waals surface area contributed by atoms with Crippen LogP contribution < -0.4 is 20.1 Å². The van der Waals surface area contributed by atoms with Gasteiger partial charge in [0.05, 0.1) is 18.2 Å². The highest BCUT2D eigenvalue weighted by Crippen LogP contribution is 2.27. The Hall–Kier alpha value is -1.98. The number of benzene rings is 2. The largest absolute Gasteiger partial charge is 0.495 e. The van der Waals surface area contributed by atoms with E-state index in [1.165, 1.54) is 5.56 Å². The molecule has 0 aliphatic rings. The summed E-state index contributed by atoms with van der Waals surface area (Å²) in [7, 11) is 1.59. The van der Waals surface area contributed by atoms with Crippen molar-refractivity contribution in [2.24, 2.45) is 0 Å². The fourth-order valence-corrected chi connectivity index (χ4v) is 2.90. The van der Waals surface area contributed by atoms with Crippen LogP contribution in [0.3, 0.4) is 0 Å². The van der Waals surface area contributed by atoms with E-state index < -0.39 is 0 Å². The number of rotatable bonds is 8. The second-order valence-corrected chi connectivity index (χ2v) is 6.96. The van der Waals surface area contributed by atoms with Crippen LogP contribution in [0.15, 0.2) is 42.5 Å². The average Bonchev–Trinajstić information content (AvgIpc) is 2.60. The van der Waals surface area contributed by atoms with Crippen LogP contribution in [0.4, 0.5) is 5.69 Å². The minimum atomic E-state index is 0.194. The van der Waals surface area contributed by atoms with Crippen molar-refractivity contribution in [3.05, 3.63) is 53.1 Å². The Labute approximate surface area is 165 Å². The third-order valence-corrected chi connectivity index (χ3v) is 4.17. The molecule has 2 rings (SSSR count). The van der Waals surface area contributed by atoms with Gasteiger partial charge in [-0.3, -0.25) is 0 Å². The van der Waals surface area contributed by atoms with Gasteiger partial charge in [0.15, 0.2) is 5.11 Å². The van der Waals surface area contributed by atoms with Crippen LogP contribution in [-0.4, -0.2) is 24.9 Å². The first-order chi connectivity index (χ1) is 12.5. The lowest BCUT2D eigenvalue weighted by atomic mass is 10.1. The lowest BCUT2D eigenvalue weighted by Gasteiger charge is -2.12. The van der Waals surface area contributed by atoms with Gasteiger partial charge in [-0.2, -0.15) is 0 Å². The average molecular weight is 393 g/mol. The molecular weight excluding hydrogens is 368 g/mol. The number of anilines is 1. The van der Waals surface area contributed by atoms with Gasteiger partial charge in [0, 0.05) is 12.2 Å². The Balaban J connectivity index is 1.70. The van der Waals surface area contributed by atoms with E-state index in [0.29, 0.717) is 15.9 Å². The highest BCUT2D eigenvalue weighted by Gasteiger charge is 2.03. The number of hydrogen-bond acceptors (Lipinski definition) is 3. The van der Waals surface area contributed by atoms with Crippen LogP contribution >= 0.6 is 23.8 Å². The third-order valence-electron chi connectivity index (χ3n) is 3.63. The molecule has 4 nitrogen and oxygen atoms in total. The standard InChI is InChI=1S/C20H25ClN2O2S/c1-14(2)25-17-9-6-15(7-10-17)5-4-12-22-20(26)23-16-8-11-19(24-3)18(21)13-16/h6-11,13-14H,4-5,12H2,1-3H3,(H2,22,23,26). The molecule has 26 heavy (non-hydrogen) atoms. The van der Waals surface area contributed by atoms with Crippen LogP contribution in [0.2, 0.25) is 5.02 Å². The van der Waals surface area contributed by atoms with E-state index in [0.717, 1.165) is 30.8 Å². The molecule has 2 aromatic rings. The first-order valence-electron chi connectivity index (χ1n) is 8.62. The molecule has 0 bridgehead atoms.